The average Bonchev–Trinajstić information content (AvgIpc) is 2.40. The molecule has 0 radical (unpaired) electrons. The highest BCUT2D eigenvalue weighted by Crippen LogP contribution is 2.24. The minimum absolute atomic E-state index is 0.0579. The fourth-order valence-corrected chi connectivity index (χ4v) is 1.48. The van der Waals surface area contributed by atoms with Gasteiger partial charge in [-0.2, -0.15) is 0 Å². The van der Waals surface area contributed by atoms with Crippen molar-refractivity contribution in [2.45, 2.75) is 0 Å². The van der Waals surface area contributed by atoms with Crippen LogP contribution in [-0.2, 0) is 4.79 Å². The lowest BCUT2D eigenvalue weighted by Gasteiger charge is -2.08. The van der Waals surface area contributed by atoms with E-state index in [0.717, 1.165) is 6.07 Å². The van der Waals surface area contributed by atoms with Crippen molar-refractivity contribution in [1.29, 1.82) is 0 Å². The Morgan fingerprint density at radius 3 is 2.81 bits per heavy atom. The summed E-state index contributed by atoms with van der Waals surface area (Å²) in [6.07, 6.45) is 5.21. The summed E-state index contributed by atoms with van der Waals surface area (Å²) in [7, 11) is 0. The summed E-state index contributed by atoms with van der Waals surface area (Å²) < 4.78 is 13.5. The van der Waals surface area contributed by atoms with E-state index in [0.29, 0.717) is 0 Å². The van der Waals surface area contributed by atoms with E-state index < -0.39 is 17.6 Å². The second kappa shape index (κ2) is 3.66. The highest BCUT2D eigenvalue weighted by molar-refractivity contribution is 6.09. The van der Waals surface area contributed by atoms with Crippen molar-refractivity contribution in [3.63, 3.8) is 0 Å². The van der Waals surface area contributed by atoms with E-state index in [1.165, 1.54) is 6.07 Å². The van der Waals surface area contributed by atoms with Crippen LogP contribution >= 0.6 is 0 Å². The Labute approximate surface area is 90.8 Å². The molecule has 0 saturated carbocycles. The lowest BCUT2D eigenvalue weighted by molar-refractivity contribution is -0.115. The number of benzene rings is 1. The number of hydrogen-bond acceptors (Lipinski definition) is 2. The second-order valence-corrected chi connectivity index (χ2v) is 3.22. The molecule has 0 fully saturated rings. The molecule has 0 spiro atoms. The first-order valence-corrected chi connectivity index (χ1v) is 4.50. The quantitative estimate of drug-likeness (QED) is 0.622. The zero-order valence-electron chi connectivity index (χ0n) is 8.13. The van der Waals surface area contributed by atoms with Gasteiger partial charge in [-0.1, -0.05) is 5.92 Å². The van der Waals surface area contributed by atoms with Crippen LogP contribution in [0.3, 0.4) is 0 Å². The Bertz CT molecular complexity index is 532. The van der Waals surface area contributed by atoms with E-state index in [1.807, 2.05) is 0 Å². The van der Waals surface area contributed by atoms with Gasteiger partial charge in [-0.05, 0) is 12.1 Å². The average molecular weight is 218 g/mol. The molecule has 16 heavy (non-hydrogen) atoms. The molecule has 4 nitrogen and oxygen atoms in total. The van der Waals surface area contributed by atoms with Gasteiger partial charge < -0.3 is 10.6 Å². The van der Waals surface area contributed by atoms with Gasteiger partial charge in [-0.25, -0.2) is 4.39 Å². The maximum absolute atomic E-state index is 13.5. The number of nitrogens with one attached hydrogen (secondary N) is 2. The van der Waals surface area contributed by atoms with Gasteiger partial charge in [0, 0.05) is 5.56 Å². The maximum Gasteiger partial charge on any atom is 0.256 e. The van der Waals surface area contributed by atoms with E-state index in [-0.39, 0.29) is 23.4 Å². The number of amides is 2. The number of rotatable bonds is 0. The van der Waals surface area contributed by atoms with Gasteiger partial charge in [-0.3, -0.25) is 9.59 Å². The lowest BCUT2D eigenvalue weighted by atomic mass is 10.1. The summed E-state index contributed by atoms with van der Waals surface area (Å²) in [4.78, 5) is 22.8. The molecule has 1 aromatic rings. The highest BCUT2D eigenvalue weighted by Gasteiger charge is 2.24. The third-order valence-corrected chi connectivity index (χ3v) is 2.21. The minimum atomic E-state index is -0.714. The molecule has 2 N–H and O–H groups in total. The summed E-state index contributed by atoms with van der Waals surface area (Å²) in [6.45, 7) is -0.197. The van der Waals surface area contributed by atoms with E-state index in [4.69, 9.17) is 6.42 Å². The Kier molecular flexibility index (Phi) is 2.33. The van der Waals surface area contributed by atoms with Crippen molar-refractivity contribution in [1.82, 2.24) is 5.32 Å². The Balaban J connectivity index is 2.71. The molecule has 0 unspecified atom stereocenters. The van der Waals surface area contributed by atoms with Crippen LogP contribution in [0.25, 0.3) is 0 Å². The lowest BCUT2D eigenvalue weighted by Crippen LogP contribution is -2.28. The van der Waals surface area contributed by atoms with Gasteiger partial charge in [0.15, 0.2) is 0 Å². The summed E-state index contributed by atoms with van der Waals surface area (Å²) in [5.74, 6) is 0.490. The van der Waals surface area contributed by atoms with Crippen molar-refractivity contribution in [3.8, 4) is 12.3 Å². The number of carbonyl (C=O) groups excluding carboxylic acids is 2. The van der Waals surface area contributed by atoms with Gasteiger partial charge in [0.1, 0.15) is 5.82 Å². The number of anilines is 1. The molecule has 5 heteroatoms. The monoisotopic (exact) mass is 218 g/mol. The topological polar surface area (TPSA) is 58.2 Å². The predicted octanol–water partition coefficient (Wildman–Crippen LogP) is 0.489. The molecule has 2 amide bonds. The fraction of sp³-hybridized carbons (Fsp3) is 0.0909. The molecule has 0 aromatic heterocycles. The minimum Gasteiger partial charge on any atom is -0.343 e. The van der Waals surface area contributed by atoms with Crippen molar-refractivity contribution in [3.05, 3.63) is 29.1 Å². The fourth-order valence-electron chi connectivity index (χ4n) is 1.48. The summed E-state index contributed by atoms with van der Waals surface area (Å²) in [5, 5.41) is 4.69. The third-order valence-electron chi connectivity index (χ3n) is 2.21. The van der Waals surface area contributed by atoms with Gasteiger partial charge in [0.05, 0.1) is 17.8 Å². The van der Waals surface area contributed by atoms with E-state index in [9.17, 15) is 14.0 Å². The van der Waals surface area contributed by atoms with Crippen LogP contribution in [0.2, 0.25) is 0 Å². The van der Waals surface area contributed by atoms with E-state index in [2.05, 4.69) is 16.6 Å². The molecule has 2 rings (SSSR count). The first kappa shape index (κ1) is 10.2. The zero-order chi connectivity index (χ0) is 11.7. The van der Waals surface area contributed by atoms with Gasteiger partial charge >= 0.3 is 0 Å². The van der Waals surface area contributed by atoms with Crippen molar-refractivity contribution < 1.29 is 14.0 Å². The maximum atomic E-state index is 13.5. The Hall–Kier alpha value is -2.35. The van der Waals surface area contributed by atoms with E-state index in [1.54, 1.807) is 0 Å². The zero-order valence-corrected chi connectivity index (χ0v) is 8.13. The number of carbonyl (C=O) groups is 2. The van der Waals surface area contributed by atoms with Gasteiger partial charge in [0.25, 0.3) is 5.91 Å². The molecule has 0 bridgehead atoms. The van der Waals surface area contributed by atoms with Crippen LogP contribution in [0.15, 0.2) is 12.1 Å². The molecule has 0 aliphatic carbocycles. The summed E-state index contributed by atoms with van der Waals surface area (Å²) in [5.41, 5.74) is 0.116. The van der Waals surface area contributed by atoms with Crippen LogP contribution < -0.4 is 10.6 Å². The largest absolute Gasteiger partial charge is 0.343 e. The molecule has 0 atom stereocenters. The molecule has 80 valence electrons. The summed E-state index contributed by atoms with van der Waals surface area (Å²) >= 11 is 0. The summed E-state index contributed by atoms with van der Waals surface area (Å²) in [6, 6.07) is 2.44. The predicted molar refractivity (Wildman–Crippen MR) is 55.3 cm³/mol. The first-order chi connectivity index (χ1) is 7.63. The smallest absolute Gasteiger partial charge is 0.256 e. The van der Waals surface area contributed by atoms with Crippen molar-refractivity contribution >= 4 is 17.5 Å². The highest BCUT2D eigenvalue weighted by atomic mass is 19.1. The number of halogens is 1. The molecule has 1 aliphatic heterocycles. The standard InChI is InChI=1S/C11H7FN2O2/c1-2-6-3-4-7(12)9-10(6)14-8(15)5-13-11(9)16/h1,3-4H,5H2,(H,13,16)(H,14,15). The molecular weight excluding hydrogens is 211 g/mol. The molecule has 1 aromatic carbocycles. The van der Waals surface area contributed by atoms with Gasteiger partial charge in [0.2, 0.25) is 5.91 Å². The molecular formula is C11H7FN2O2. The Morgan fingerprint density at radius 2 is 2.12 bits per heavy atom. The van der Waals surface area contributed by atoms with Crippen LogP contribution in [0.5, 0.6) is 0 Å². The van der Waals surface area contributed by atoms with Crippen LogP contribution in [-0.4, -0.2) is 18.4 Å². The normalized spacial score (nSPS) is 14.2. The van der Waals surface area contributed by atoms with Crippen LogP contribution in [0, 0.1) is 18.2 Å². The number of hydrogen-bond donors (Lipinski definition) is 2. The Morgan fingerprint density at radius 1 is 1.38 bits per heavy atom. The molecule has 1 heterocycles. The van der Waals surface area contributed by atoms with Crippen molar-refractivity contribution in [2.75, 3.05) is 11.9 Å². The van der Waals surface area contributed by atoms with E-state index >= 15 is 0 Å². The molecule has 1 aliphatic rings. The van der Waals surface area contributed by atoms with Crippen LogP contribution in [0.4, 0.5) is 10.1 Å². The third kappa shape index (κ3) is 1.50. The number of fused-ring (bicyclic) bond motifs is 1. The first-order valence-electron chi connectivity index (χ1n) is 4.50. The van der Waals surface area contributed by atoms with Gasteiger partial charge in [-0.15, -0.1) is 6.42 Å². The SMILES string of the molecule is C#Cc1ccc(F)c2c1NC(=O)CNC2=O. The van der Waals surface area contributed by atoms with Crippen molar-refractivity contribution in [2.24, 2.45) is 0 Å². The second-order valence-electron chi connectivity index (χ2n) is 3.22. The molecule has 0 saturated heterocycles. The number of terminal acetylenes is 1. The van der Waals surface area contributed by atoms with Crippen LogP contribution in [0.1, 0.15) is 15.9 Å².